The lowest BCUT2D eigenvalue weighted by Crippen LogP contribution is -2.59. The van der Waals surface area contributed by atoms with Gasteiger partial charge in [-0.1, -0.05) is 62.4 Å². The van der Waals surface area contributed by atoms with Crippen molar-refractivity contribution in [2.75, 3.05) is 20.1 Å². The maximum atomic E-state index is 13.7. The fourth-order valence-corrected chi connectivity index (χ4v) is 5.74. The molecule has 1 fully saturated rings. The van der Waals surface area contributed by atoms with Crippen molar-refractivity contribution in [3.8, 4) is 0 Å². The summed E-state index contributed by atoms with van der Waals surface area (Å²) >= 11 is 0. The summed E-state index contributed by atoms with van der Waals surface area (Å²) in [5.41, 5.74) is 0.702. The first kappa shape index (κ1) is 37.3. The van der Waals surface area contributed by atoms with Gasteiger partial charge in [0.05, 0.1) is 12.1 Å². The lowest BCUT2D eigenvalue weighted by atomic mass is 10.0. The molecule has 1 aromatic heterocycles. The Morgan fingerprint density at radius 1 is 0.880 bits per heavy atom. The molecule has 0 saturated carbocycles. The number of hydrogen-bond donors (Lipinski definition) is 5. The van der Waals surface area contributed by atoms with Crippen molar-refractivity contribution in [3.05, 3.63) is 82.1 Å². The molecule has 6 amide bonds. The number of aryl methyl sites for hydroxylation is 1. The van der Waals surface area contributed by atoms with Crippen LogP contribution in [-0.4, -0.2) is 89.2 Å². The van der Waals surface area contributed by atoms with E-state index in [1.165, 1.54) is 29.5 Å². The summed E-state index contributed by atoms with van der Waals surface area (Å²) in [4.78, 5) is 94.6. The molecule has 1 aliphatic rings. The SMILES string of the molecule is CC(C)[C@H]1NC(=O)[C@@H](NC(=O)c2cc3ccccc3n(C)c2=O)CCCNC(=O)CN(C)C(=O)[C@H](Cc2ccccc2)NC(=O)[C@@H](C)NC1=O. The number of hydrogen-bond acceptors (Lipinski definition) is 7. The van der Waals surface area contributed by atoms with Gasteiger partial charge in [-0.15, -0.1) is 0 Å². The molecule has 14 heteroatoms. The molecule has 4 atom stereocenters. The molecule has 2 heterocycles. The Hall–Kier alpha value is -5.53. The van der Waals surface area contributed by atoms with E-state index in [1.54, 1.807) is 45.2 Å². The normalized spacial score (nSPS) is 21.8. The number of carbonyl (C=O) groups excluding carboxylic acids is 6. The van der Waals surface area contributed by atoms with Crippen molar-refractivity contribution in [2.45, 2.75) is 64.2 Å². The number of para-hydroxylation sites is 1. The Labute approximate surface area is 290 Å². The first-order valence-corrected chi connectivity index (χ1v) is 16.6. The number of likely N-dealkylation sites (N-methyl/N-ethyl adjacent to an activating group) is 1. The summed E-state index contributed by atoms with van der Waals surface area (Å²) < 4.78 is 1.35. The smallest absolute Gasteiger partial charge is 0.263 e. The Bertz CT molecular complexity index is 1810. The number of nitrogens with zero attached hydrogens (tertiary/aromatic N) is 2. The topological polar surface area (TPSA) is 188 Å². The van der Waals surface area contributed by atoms with E-state index in [0.29, 0.717) is 10.9 Å². The van der Waals surface area contributed by atoms with E-state index in [0.717, 1.165) is 5.56 Å². The Morgan fingerprint density at radius 3 is 2.26 bits per heavy atom. The zero-order valence-corrected chi connectivity index (χ0v) is 28.9. The first-order valence-electron chi connectivity index (χ1n) is 16.6. The molecule has 1 saturated heterocycles. The molecule has 0 unspecified atom stereocenters. The summed E-state index contributed by atoms with van der Waals surface area (Å²) in [5, 5.41) is 14.1. The molecule has 5 N–H and O–H groups in total. The summed E-state index contributed by atoms with van der Waals surface area (Å²) in [6.45, 7) is 4.70. The van der Waals surface area contributed by atoms with Crippen LogP contribution in [-0.2, 0) is 37.4 Å². The predicted molar refractivity (Wildman–Crippen MR) is 187 cm³/mol. The van der Waals surface area contributed by atoms with Crippen molar-refractivity contribution in [1.82, 2.24) is 36.1 Å². The van der Waals surface area contributed by atoms with Gasteiger partial charge in [0.15, 0.2) is 0 Å². The number of aromatic nitrogens is 1. The van der Waals surface area contributed by atoms with E-state index < -0.39 is 71.1 Å². The van der Waals surface area contributed by atoms with Gasteiger partial charge in [0.2, 0.25) is 29.5 Å². The number of pyridine rings is 1. The van der Waals surface area contributed by atoms with Crippen molar-refractivity contribution < 1.29 is 28.8 Å². The van der Waals surface area contributed by atoms with E-state index in [9.17, 15) is 33.6 Å². The van der Waals surface area contributed by atoms with Crippen LogP contribution in [0.1, 0.15) is 49.5 Å². The van der Waals surface area contributed by atoms with Gasteiger partial charge in [0.25, 0.3) is 11.5 Å². The highest BCUT2D eigenvalue weighted by molar-refractivity contribution is 6.01. The van der Waals surface area contributed by atoms with Gasteiger partial charge in [-0.05, 0) is 48.8 Å². The molecule has 0 spiro atoms. The highest BCUT2D eigenvalue weighted by Crippen LogP contribution is 2.13. The standard InChI is InChI=1S/C36H45N7O7/c1-21(2)30-34(48)38-22(3)31(45)40-27(18-23-12-7-6-8-13-23)36(50)42(4)20-29(44)37-17-11-15-26(33(47)41-30)39-32(46)25-19-24-14-9-10-16-28(24)43(5)35(25)49/h6-10,12-14,16,19,21-22,26-27,30H,11,15,17-18,20H2,1-5H3,(H,37,44)(H,38,48)(H,39,46)(H,40,45)(H,41,47)/t22-,26+,27+,30-/m1/s1. The largest absolute Gasteiger partial charge is 0.355 e. The molecule has 14 nitrogen and oxygen atoms in total. The Morgan fingerprint density at radius 2 is 1.56 bits per heavy atom. The predicted octanol–water partition coefficient (Wildman–Crippen LogP) is 0.378. The van der Waals surface area contributed by atoms with E-state index in [2.05, 4.69) is 26.6 Å². The van der Waals surface area contributed by atoms with Crippen LogP contribution in [0.3, 0.4) is 0 Å². The van der Waals surface area contributed by atoms with Gasteiger partial charge < -0.3 is 36.1 Å². The van der Waals surface area contributed by atoms with Crippen LogP contribution >= 0.6 is 0 Å². The lowest BCUT2D eigenvalue weighted by Gasteiger charge is -2.28. The van der Waals surface area contributed by atoms with Gasteiger partial charge in [-0.2, -0.15) is 0 Å². The third kappa shape index (κ3) is 9.33. The van der Waals surface area contributed by atoms with E-state index in [-0.39, 0.29) is 37.9 Å². The minimum atomic E-state index is -1.19. The van der Waals surface area contributed by atoms with Crippen molar-refractivity contribution in [1.29, 1.82) is 0 Å². The fourth-order valence-electron chi connectivity index (χ4n) is 5.74. The van der Waals surface area contributed by atoms with Gasteiger partial charge >= 0.3 is 0 Å². The van der Waals surface area contributed by atoms with Crippen LogP contribution in [0, 0.1) is 5.92 Å². The van der Waals surface area contributed by atoms with Crippen LogP contribution in [0.15, 0.2) is 65.5 Å². The molecule has 0 aliphatic carbocycles. The highest BCUT2D eigenvalue weighted by atomic mass is 16.2. The number of amides is 6. The summed E-state index contributed by atoms with van der Waals surface area (Å²) in [5.74, 6) is -4.11. The third-order valence-corrected chi connectivity index (χ3v) is 8.64. The second-order valence-corrected chi connectivity index (χ2v) is 12.9. The zero-order chi connectivity index (χ0) is 36.5. The van der Waals surface area contributed by atoms with Crippen LogP contribution < -0.4 is 32.1 Å². The number of nitrogens with one attached hydrogen (secondary N) is 5. The molecular formula is C36H45N7O7. The molecule has 266 valence electrons. The van der Waals surface area contributed by atoms with Crippen LogP contribution in [0.25, 0.3) is 10.9 Å². The van der Waals surface area contributed by atoms with Crippen molar-refractivity contribution in [3.63, 3.8) is 0 Å². The summed E-state index contributed by atoms with van der Waals surface area (Å²) in [7, 11) is 3.00. The maximum absolute atomic E-state index is 13.7. The summed E-state index contributed by atoms with van der Waals surface area (Å²) in [6, 6.07) is 13.2. The number of fused-ring (bicyclic) bond motifs is 1. The quantitative estimate of drug-likeness (QED) is 0.256. The van der Waals surface area contributed by atoms with Crippen LogP contribution in [0.5, 0.6) is 0 Å². The van der Waals surface area contributed by atoms with Crippen LogP contribution in [0.4, 0.5) is 0 Å². The Kier molecular flexibility index (Phi) is 12.5. The number of carbonyl (C=O) groups is 6. The Balaban J connectivity index is 1.59. The van der Waals surface area contributed by atoms with Gasteiger partial charge in [-0.3, -0.25) is 33.6 Å². The minimum absolute atomic E-state index is 0.0465. The monoisotopic (exact) mass is 687 g/mol. The fraction of sp³-hybridized carbons (Fsp3) is 0.417. The van der Waals surface area contributed by atoms with E-state index in [1.807, 2.05) is 30.3 Å². The number of benzene rings is 2. The van der Waals surface area contributed by atoms with Gasteiger partial charge in [-0.25, -0.2) is 0 Å². The van der Waals surface area contributed by atoms with Gasteiger partial charge in [0, 0.05) is 27.1 Å². The summed E-state index contributed by atoms with van der Waals surface area (Å²) in [6.07, 6.45) is 0.436. The average molecular weight is 688 g/mol. The van der Waals surface area contributed by atoms with Crippen molar-refractivity contribution in [2.24, 2.45) is 13.0 Å². The number of rotatable bonds is 5. The molecule has 2 aromatic carbocycles. The molecule has 0 radical (unpaired) electrons. The molecule has 0 bridgehead atoms. The van der Waals surface area contributed by atoms with E-state index in [4.69, 9.17) is 0 Å². The molecular weight excluding hydrogens is 642 g/mol. The lowest BCUT2D eigenvalue weighted by molar-refractivity contribution is -0.139. The van der Waals surface area contributed by atoms with Crippen molar-refractivity contribution >= 4 is 46.3 Å². The maximum Gasteiger partial charge on any atom is 0.263 e. The zero-order valence-electron chi connectivity index (χ0n) is 28.9. The van der Waals surface area contributed by atoms with Crippen LogP contribution in [0.2, 0.25) is 0 Å². The van der Waals surface area contributed by atoms with E-state index >= 15 is 0 Å². The minimum Gasteiger partial charge on any atom is -0.355 e. The first-order chi connectivity index (χ1) is 23.8. The molecule has 50 heavy (non-hydrogen) atoms. The average Bonchev–Trinajstić information content (AvgIpc) is 3.08. The second-order valence-electron chi connectivity index (χ2n) is 12.9. The third-order valence-electron chi connectivity index (χ3n) is 8.64. The molecule has 3 aromatic rings. The highest BCUT2D eigenvalue weighted by Gasteiger charge is 2.33. The van der Waals surface area contributed by atoms with Gasteiger partial charge in [0.1, 0.15) is 29.7 Å². The second kappa shape index (κ2) is 16.7. The molecule has 4 rings (SSSR count). The molecule has 1 aliphatic heterocycles.